The summed E-state index contributed by atoms with van der Waals surface area (Å²) in [6.45, 7) is 0. The zero-order valence-corrected chi connectivity index (χ0v) is 22.4. The zero-order valence-electron chi connectivity index (χ0n) is 21.7. The van der Waals surface area contributed by atoms with Crippen LogP contribution in [0.4, 0.5) is 5.69 Å². The van der Waals surface area contributed by atoms with Crippen LogP contribution < -0.4 is 4.90 Å². The van der Waals surface area contributed by atoms with Crippen molar-refractivity contribution in [2.75, 3.05) is 4.90 Å². The quantitative estimate of drug-likeness (QED) is 0.226. The molecule has 0 radical (unpaired) electrons. The van der Waals surface area contributed by atoms with Gasteiger partial charge >= 0.3 is 0 Å². The number of ketones is 2. The number of carbonyl (C=O) groups excluding carboxylic acids is 4. The van der Waals surface area contributed by atoms with E-state index >= 15 is 0 Å². The molecular weight excluding hydrogens is 536 g/mol. The van der Waals surface area contributed by atoms with Crippen LogP contribution in [0.25, 0.3) is 10.8 Å². The maximum atomic E-state index is 14.1. The lowest BCUT2D eigenvalue weighted by atomic mass is 9.85. The highest BCUT2D eigenvalue weighted by molar-refractivity contribution is 6.30. The average molecular weight is 559 g/mol. The number of carbonyl (C=O) groups is 4. The van der Waals surface area contributed by atoms with Crippen LogP contribution in [-0.4, -0.2) is 40.4 Å². The van der Waals surface area contributed by atoms with Gasteiger partial charge in [-0.3, -0.25) is 19.2 Å². The van der Waals surface area contributed by atoms with E-state index in [2.05, 4.69) is 0 Å². The van der Waals surface area contributed by atoms with Crippen molar-refractivity contribution in [3.63, 3.8) is 0 Å². The summed E-state index contributed by atoms with van der Waals surface area (Å²) in [7, 11) is 0. The van der Waals surface area contributed by atoms with Gasteiger partial charge in [0, 0.05) is 27.9 Å². The van der Waals surface area contributed by atoms with E-state index in [-0.39, 0.29) is 17.5 Å². The van der Waals surface area contributed by atoms with Gasteiger partial charge in [-0.2, -0.15) is 0 Å². The molecule has 2 fully saturated rings. The molecule has 2 saturated heterocycles. The largest absolute Gasteiger partial charge is 0.359 e. The van der Waals surface area contributed by atoms with Crippen molar-refractivity contribution in [2.24, 2.45) is 11.8 Å². The van der Waals surface area contributed by atoms with Crippen molar-refractivity contribution in [1.82, 2.24) is 4.90 Å². The summed E-state index contributed by atoms with van der Waals surface area (Å²) >= 11 is 6.06. The highest BCUT2D eigenvalue weighted by Crippen LogP contribution is 2.47. The Morgan fingerprint density at radius 1 is 0.707 bits per heavy atom. The summed E-state index contributed by atoms with van der Waals surface area (Å²) in [6, 6.07) is 27.0. The van der Waals surface area contributed by atoms with Crippen LogP contribution in [0.15, 0.2) is 121 Å². The lowest BCUT2D eigenvalue weighted by Gasteiger charge is -2.32. The molecule has 200 valence electrons. The Labute approximate surface area is 241 Å². The van der Waals surface area contributed by atoms with Crippen LogP contribution in [-0.2, 0) is 9.59 Å². The number of anilines is 1. The predicted octanol–water partition coefficient (Wildman–Crippen LogP) is 5.87. The Bertz CT molecular complexity index is 1810. The molecule has 0 aromatic heterocycles. The van der Waals surface area contributed by atoms with Crippen LogP contribution in [0, 0.1) is 11.8 Å². The van der Waals surface area contributed by atoms with Crippen LogP contribution >= 0.6 is 11.6 Å². The number of halogens is 1. The highest BCUT2D eigenvalue weighted by Gasteiger charge is 2.63. The molecule has 2 amide bonds. The minimum atomic E-state index is -0.922. The molecule has 7 rings (SSSR count). The van der Waals surface area contributed by atoms with Crippen molar-refractivity contribution >= 4 is 51.4 Å². The Morgan fingerprint density at radius 3 is 2.15 bits per heavy atom. The molecule has 0 bridgehead atoms. The van der Waals surface area contributed by atoms with E-state index in [0.717, 1.165) is 10.8 Å². The summed E-state index contributed by atoms with van der Waals surface area (Å²) in [5, 5.41) is 2.37. The van der Waals surface area contributed by atoms with Gasteiger partial charge < -0.3 is 4.90 Å². The molecule has 0 N–H and O–H groups in total. The summed E-state index contributed by atoms with van der Waals surface area (Å²) in [6.07, 6.45) is 5.07. The average Bonchev–Trinajstić information content (AvgIpc) is 3.48. The highest BCUT2D eigenvalue weighted by atomic mass is 35.5. The molecule has 4 atom stereocenters. The minimum absolute atomic E-state index is 0.186. The van der Waals surface area contributed by atoms with Gasteiger partial charge in [0.1, 0.15) is 6.04 Å². The number of rotatable bonds is 5. The Morgan fingerprint density at radius 2 is 1.39 bits per heavy atom. The Hall–Kier alpha value is -4.81. The zero-order chi connectivity index (χ0) is 28.2. The lowest BCUT2D eigenvalue weighted by molar-refractivity contribution is -0.123. The van der Waals surface area contributed by atoms with E-state index in [1.54, 1.807) is 77.8 Å². The van der Waals surface area contributed by atoms with E-state index in [4.69, 9.17) is 11.6 Å². The van der Waals surface area contributed by atoms with Gasteiger partial charge in [-0.1, -0.05) is 78.3 Å². The number of amides is 2. The number of fused-ring (bicyclic) bond motifs is 4. The third-order valence-electron chi connectivity index (χ3n) is 8.23. The van der Waals surface area contributed by atoms with Gasteiger partial charge in [-0.15, -0.1) is 0 Å². The number of imide groups is 1. The third-order valence-corrected chi connectivity index (χ3v) is 8.49. The number of allylic oxidation sites excluding steroid dienone is 2. The Kier molecular flexibility index (Phi) is 5.94. The predicted molar refractivity (Wildman–Crippen MR) is 157 cm³/mol. The molecule has 41 heavy (non-hydrogen) atoms. The summed E-state index contributed by atoms with van der Waals surface area (Å²) in [5.74, 6) is -3.03. The molecule has 0 saturated carbocycles. The van der Waals surface area contributed by atoms with Gasteiger partial charge in [-0.05, 0) is 53.2 Å². The third kappa shape index (κ3) is 4.02. The van der Waals surface area contributed by atoms with E-state index in [1.807, 2.05) is 42.5 Å². The topological polar surface area (TPSA) is 74.8 Å². The summed E-state index contributed by atoms with van der Waals surface area (Å²) in [5.41, 5.74) is 1.80. The number of benzene rings is 4. The van der Waals surface area contributed by atoms with E-state index in [9.17, 15) is 19.2 Å². The van der Waals surface area contributed by atoms with E-state index in [1.165, 1.54) is 4.90 Å². The van der Waals surface area contributed by atoms with Crippen molar-refractivity contribution in [3.05, 3.63) is 137 Å². The van der Waals surface area contributed by atoms with E-state index < -0.39 is 29.8 Å². The van der Waals surface area contributed by atoms with Gasteiger partial charge in [0.2, 0.25) is 11.8 Å². The van der Waals surface area contributed by atoms with Crippen LogP contribution in [0.5, 0.6) is 0 Å². The SMILES string of the molecule is O=C(C1=C[C@@H]2[C@H]3C(=O)N(c4ccc5ccccc5c4)C(=O)[C@H]3[C@@H](C(=O)c3ccc(Cl)cc3)N2C=C1)c1ccccc1. The van der Waals surface area contributed by atoms with Gasteiger partial charge in [0.25, 0.3) is 0 Å². The minimum Gasteiger partial charge on any atom is -0.359 e. The smallest absolute Gasteiger partial charge is 0.240 e. The standard InChI is InChI=1S/C34H23ClN2O4/c35-25-13-10-22(11-14-25)32(39)30-29-28(27-19-24(16-17-36(27)30)31(38)21-7-2-1-3-8-21)33(40)37(34(29)41)26-15-12-20-6-4-5-9-23(20)18-26/h1-19,27-30H/t27-,28-,29-,30+/m1/s1. The van der Waals surface area contributed by atoms with Crippen LogP contribution in [0.2, 0.25) is 5.02 Å². The molecule has 0 spiro atoms. The number of nitrogens with zero attached hydrogens (tertiary/aromatic N) is 2. The molecule has 7 heteroatoms. The molecule has 3 aliphatic rings. The first-order valence-electron chi connectivity index (χ1n) is 13.4. The fraction of sp³-hybridized carbons (Fsp3) is 0.118. The fourth-order valence-corrected chi connectivity index (χ4v) is 6.44. The van der Waals surface area contributed by atoms with Crippen LogP contribution in [0.3, 0.4) is 0 Å². The van der Waals surface area contributed by atoms with Gasteiger partial charge in [0.15, 0.2) is 11.6 Å². The molecule has 0 aliphatic carbocycles. The maximum absolute atomic E-state index is 14.1. The van der Waals surface area contributed by atoms with Crippen molar-refractivity contribution in [2.45, 2.75) is 12.1 Å². The number of hydrogen-bond donors (Lipinski definition) is 0. The molecule has 4 aromatic carbocycles. The van der Waals surface area contributed by atoms with Crippen molar-refractivity contribution in [1.29, 1.82) is 0 Å². The molecular formula is C34H23ClN2O4. The Balaban J connectivity index is 1.32. The molecule has 0 unspecified atom stereocenters. The summed E-state index contributed by atoms with van der Waals surface area (Å²) in [4.78, 5) is 58.5. The monoisotopic (exact) mass is 558 g/mol. The first-order chi connectivity index (χ1) is 19.9. The second kappa shape index (κ2) is 9.68. The second-order valence-electron chi connectivity index (χ2n) is 10.5. The molecule has 4 aromatic rings. The first kappa shape index (κ1) is 25.2. The summed E-state index contributed by atoms with van der Waals surface area (Å²) < 4.78 is 0. The number of hydrogen-bond acceptors (Lipinski definition) is 5. The van der Waals surface area contributed by atoms with Crippen LogP contribution in [0.1, 0.15) is 20.7 Å². The number of Topliss-reactive ketones (excluding diaryl/α,β-unsaturated/α-hetero) is 2. The van der Waals surface area contributed by atoms with E-state index in [0.29, 0.717) is 27.4 Å². The molecule has 3 aliphatic heterocycles. The maximum Gasteiger partial charge on any atom is 0.240 e. The molecule has 6 nitrogen and oxygen atoms in total. The second-order valence-corrected chi connectivity index (χ2v) is 10.9. The van der Waals surface area contributed by atoms with Gasteiger partial charge in [-0.25, -0.2) is 4.90 Å². The molecule has 3 heterocycles. The first-order valence-corrected chi connectivity index (χ1v) is 13.7. The van der Waals surface area contributed by atoms with Crippen molar-refractivity contribution in [3.8, 4) is 0 Å². The van der Waals surface area contributed by atoms with Crippen molar-refractivity contribution < 1.29 is 19.2 Å². The normalized spacial score (nSPS) is 23.0. The fourth-order valence-electron chi connectivity index (χ4n) is 6.31. The lowest BCUT2D eigenvalue weighted by Crippen LogP contribution is -2.46. The van der Waals surface area contributed by atoms with Gasteiger partial charge in [0.05, 0.1) is 23.6 Å².